The molecule has 9 heteroatoms. The van der Waals surface area contributed by atoms with Crippen molar-refractivity contribution in [1.29, 1.82) is 0 Å². The number of anilines is 1. The zero-order valence-corrected chi connectivity index (χ0v) is 20.6. The quantitative estimate of drug-likeness (QED) is 0.605. The minimum absolute atomic E-state index is 0.0565. The number of hydrogen-bond acceptors (Lipinski definition) is 5. The highest BCUT2D eigenvalue weighted by Crippen LogP contribution is 2.28. The lowest BCUT2D eigenvalue weighted by molar-refractivity contribution is -0.133. The summed E-state index contributed by atoms with van der Waals surface area (Å²) < 4.78 is 27.6. The predicted molar refractivity (Wildman–Crippen MR) is 135 cm³/mol. The van der Waals surface area contributed by atoms with Gasteiger partial charge in [-0.25, -0.2) is 17.5 Å². The first-order valence-corrected chi connectivity index (χ1v) is 13.1. The molecule has 182 valence electrons. The summed E-state index contributed by atoms with van der Waals surface area (Å²) in [6.07, 6.45) is 0. The summed E-state index contributed by atoms with van der Waals surface area (Å²) in [5, 5.41) is 3.90. The van der Waals surface area contributed by atoms with Crippen molar-refractivity contribution in [3.8, 4) is 0 Å². The van der Waals surface area contributed by atoms with Gasteiger partial charge in [0.25, 0.3) is 10.0 Å². The summed E-state index contributed by atoms with van der Waals surface area (Å²) >= 11 is 0. The number of carbonyl (C=O) groups is 2. The largest absolute Gasteiger partial charge is 0.368 e. The molecule has 8 nitrogen and oxygen atoms in total. The first-order chi connectivity index (χ1) is 16.8. The Bertz CT molecular complexity index is 1410. The van der Waals surface area contributed by atoms with Crippen LogP contribution in [0.2, 0.25) is 0 Å². The maximum atomic E-state index is 13.4. The Morgan fingerprint density at radius 1 is 0.943 bits per heavy atom. The van der Waals surface area contributed by atoms with Crippen LogP contribution in [0.15, 0.2) is 65.6 Å². The lowest BCUT2D eigenvalue weighted by atomic mass is 10.1. The molecule has 5 rings (SSSR count). The fourth-order valence-electron chi connectivity index (χ4n) is 4.85. The van der Waals surface area contributed by atoms with Crippen LogP contribution in [-0.2, 0) is 14.8 Å². The van der Waals surface area contributed by atoms with Crippen molar-refractivity contribution in [3.63, 3.8) is 0 Å². The zero-order valence-electron chi connectivity index (χ0n) is 19.8. The van der Waals surface area contributed by atoms with Crippen LogP contribution in [-0.4, -0.2) is 68.3 Å². The summed E-state index contributed by atoms with van der Waals surface area (Å²) in [4.78, 5) is 29.9. The van der Waals surface area contributed by atoms with Gasteiger partial charge in [0.05, 0.1) is 11.4 Å². The van der Waals surface area contributed by atoms with E-state index in [0.717, 1.165) is 9.69 Å². The summed E-state index contributed by atoms with van der Waals surface area (Å²) in [7, 11) is -4.12. The molecule has 2 saturated heterocycles. The molecule has 35 heavy (non-hydrogen) atoms. The molecule has 3 amide bonds. The van der Waals surface area contributed by atoms with Crippen LogP contribution in [0.4, 0.5) is 10.5 Å². The third-order valence-corrected chi connectivity index (χ3v) is 8.59. The summed E-state index contributed by atoms with van der Waals surface area (Å²) in [5.41, 5.74) is 3.54. The van der Waals surface area contributed by atoms with Crippen molar-refractivity contribution >= 4 is 38.4 Å². The van der Waals surface area contributed by atoms with Gasteiger partial charge in [-0.15, -0.1) is 0 Å². The van der Waals surface area contributed by atoms with Gasteiger partial charge in [0.1, 0.15) is 6.04 Å². The van der Waals surface area contributed by atoms with Gasteiger partial charge < -0.3 is 15.1 Å². The summed E-state index contributed by atoms with van der Waals surface area (Å²) in [6.45, 7) is 6.28. The highest BCUT2D eigenvalue weighted by Gasteiger charge is 2.43. The van der Waals surface area contributed by atoms with Crippen molar-refractivity contribution in [2.45, 2.75) is 24.8 Å². The summed E-state index contributed by atoms with van der Waals surface area (Å²) in [6, 6.07) is 16.8. The van der Waals surface area contributed by atoms with Crippen LogP contribution in [0.5, 0.6) is 0 Å². The lowest BCUT2D eigenvalue weighted by Gasteiger charge is -2.37. The molecule has 0 unspecified atom stereocenters. The minimum atomic E-state index is -4.12. The number of hydrogen-bond donors (Lipinski definition) is 1. The second-order valence-corrected chi connectivity index (χ2v) is 10.9. The molecule has 0 aromatic heterocycles. The molecule has 1 atom stereocenters. The third kappa shape index (κ3) is 4.20. The van der Waals surface area contributed by atoms with E-state index in [2.05, 4.69) is 42.3 Å². The van der Waals surface area contributed by atoms with Gasteiger partial charge >= 0.3 is 6.03 Å². The van der Waals surface area contributed by atoms with Gasteiger partial charge in [0.2, 0.25) is 5.91 Å². The molecule has 0 bridgehead atoms. The van der Waals surface area contributed by atoms with Gasteiger partial charge in [-0.2, -0.15) is 0 Å². The van der Waals surface area contributed by atoms with E-state index in [1.54, 1.807) is 23.1 Å². The second-order valence-electron chi connectivity index (χ2n) is 9.12. The molecule has 2 aliphatic heterocycles. The van der Waals surface area contributed by atoms with Gasteiger partial charge in [-0.05, 0) is 42.5 Å². The number of urea groups is 1. The van der Waals surface area contributed by atoms with Crippen molar-refractivity contribution < 1.29 is 18.0 Å². The first-order valence-electron chi connectivity index (χ1n) is 11.7. The molecule has 3 aromatic carbocycles. The maximum absolute atomic E-state index is 13.4. The van der Waals surface area contributed by atoms with Gasteiger partial charge in [0.15, 0.2) is 0 Å². The Morgan fingerprint density at radius 2 is 1.66 bits per heavy atom. The number of benzene rings is 3. The molecule has 3 aromatic rings. The number of fused-ring (bicyclic) bond motifs is 1. The summed E-state index contributed by atoms with van der Waals surface area (Å²) in [5.74, 6) is -0.255. The van der Waals surface area contributed by atoms with E-state index in [0.29, 0.717) is 31.6 Å². The molecule has 2 fully saturated rings. The Morgan fingerprint density at radius 3 is 2.43 bits per heavy atom. The number of piperazine rings is 1. The number of carbonyl (C=O) groups excluding carboxylic acids is 2. The Balaban J connectivity index is 1.29. The normalized spacial score (nSPS) is 18.7. The fourth-order valence-corrected chi connectivity index (χ4v) is 6.42. The highest BCUT2D eigenvalue weighted by atomic mass is 32.2. The van der Waals surface area contributed by atoms with E-state index >= 15 is 0 Å². The molecule has 0 aliphatic carbocycles. The average molecular weight is 493 g/mol. The first kappa shape index (κ1) is 23.2. The topological polar surface area (TPSA) is 90.0 Å². The number of aryl methyl sites for hydroxylation is 2. The average Bonchev–Trinajstić information content (AvgIpc) is 3.27. The van der Waals surface area contributed by atoms with Crippen molar-refractivity contribution in [2.75, 3.05) is 37.6 Å². The van der Waals surface area contributed by atoms with E-state index in [9.17, 15) is 18.0 Å². The Hall–Kier alpha value is -3.59. The van der Waals surface area contributed by atoms with Gasteiger partial charge in [-0.1, -0.05) is 48.5 Å². The van der Waals surface area contributed by atoms with E-state index in [4.69, 9.17) is 0 Å². The standard InChI is InChI=1S/C26H28N4O4S/c1-18-10-11-19(2)23(16-18)28-12-14-29(15-13-28)25(31)22-17-30(26(32)27-22)35(33,34)24-9-5-7-20-6-3-4-8-21(20)24/h3-11,16,22H,12-15,17H2,1-2H3,(H,27,32)/t22-/m0/s1. The van der Waals surface area contributed by atoms with Crippen LogP contribution < -0.4 is 10.2 Å². The van der Waals surface area contributed by atoms with Gasteiger partial charge in [0, 0.05) is 37.3 Å². The number of nitrogens with zero attached hydrogens (tertiary/aromatic N) is 3. The Kier molecular flexibility index (Phi) is 5.88. The molecule has 1 N–H and O–H groups in total. The molecular weight excluding hydrogens is 464 g/mol. The van der Waals surface area contributed by atoms with Crippen LogP contribution in [0, 0.1) is 13.8 Å². The monoisotopic (exact) mass is 492 g/mol. The zero-order chi connectivity index (χ0) is 24.7. The van der Waals surface area contributed by atoms with Crippen LogP contribution in [0.25, 0.3) is 10.8 Å². The number of amides is 3. The van der Waals surface area contributed by atoms with Crippen molar-refractivity contribution in [3.05, 3.63) is 71.8 Å². The molecular formula is C26H28N4O4S. The predicted octanol–water partition coefficient (Wildman–Crippen LogP) is 2.89. The van der Waals surface area contributed by atoms with Crippen molar-refractivity contribution in [1.82, 2.24) is 14.5 Å². The molecule has 2 heterocycles. The smallest absolute Gasteiger partial charge is 0.332 e. The SMILES string of the molecule is Cc1ccc(C)c(N2CCN(C(=O)[C@@H]3CN(S(=O)(=O)c4cccc5ccccc45)C(=O)N3)CC2)c1. The molecule has 0 radical (unpaired) electrons. The number of rotatable bonds is 4. The highest BCUT2D eigenvalue weighted by molar-refractivity contribution is 7.90. The minimum Gasteiger partial charge on any atom is -0.368 e. The number of nitrogens with one attached hydrogen (secondary N) is 1. The Labute approximate surface area is 205 Å². The number of sulfonamides is 1. The lowest BCUT2D eigenvalue weighted by Crippen LogP contribution is -2.54. The van der Waals surface area contributed by atoms with Crippen LogP contribution in [0.3, 0.4) is 0 Å². The maximum Gasteiger partial charge on any atom is 0.332 e. The van der Waals surface area contributed by atoms with Crippen LogP contribution >= 0.6 is 0 Å². The molecule has 2 aliphatic rings. The van der Waals surface area contributed by atoms with Gasteiger partial charge in [-0.3, -0.25) is 4.79 Å². The third-order valence-electron chi connectivity index (χ3n) is 6.79. The van der Waals surface area contributed by atoms with E-state index in [-0.39, 0.29) is 17.3 Å². The van der Waals surface area contributed by atoms with E-state index in [1.807, 2.05) is 18.2 Å². The second kappa shape index (κ2) is 8.88. The molecule has 0 saturated carbocycles. The van der Waals surface area contributed by atoms with E-state index in [1.165, 1.54) is 22.9 Å². The fraction of sp³-hybridized carbons (Fsp3) is 0.308. The van der Waals surface area contributed by atoms with Crippen molar-refractivity contribution in [2.24, 2.45) is 0 Å². The van der Waals surface area contributed by atoms with Crippen LogP contribution in [0.1, 0.15) is 11.1 Å². The molecule has 0 spiro atoms. The van der Waals surface area contributed by atoms with E-state index < -0.39 is 22.1 Å².